The molecular weight excluding hydrogens is 503 g/mol. The van der Waals surface area contributed by atoms with Crippen molar-refractivity contribution in [3.8, 4) is 11.5 Å². The summed E-state index contributed by atoms with van der Waals surface area (Å²) in [6.07, 6.45) is 0.775. The number of fused-ring (bicyclic) bond motifs is 9. The van der Waals surface area contributed by atoms with E-state index in [0.717, 1.165) is 21.9 Å². The fourth-order valence-electron chi connectivity index (χ4n) is 7.12. The van der Waals surface area contributed by atoms with Crippen LogP contribution in [0.15, 0.2) is 52.3 Å². The molecule has 10 heteroatoms. The minimum atomic E-state index is -0.437. The van der Waals surface area contributed by atoms with Crippen LogP contribution in [0.25, 0.3) is 0 Å². The van der Waals surface area contributed by atoms with Gasteiger partial charge in [-0.3, -0.25) is 19.3 Å². The number of hydrogen-bond donors (Lipinski definition) is 2. The standard InChI is InChI=1S/C26H21FN2O5S2/c1-34-16-8-10(2-7-15(16)30)17-18-13-9-14(21(18)35-23-22(17)36-26(33)28-23)20-19(13)24(31)29(25(20)32)12-5-3-11(27)4-6-12/h2-8,13-14,17-21,30H,9H2,1H3,(H,28,33)/t13-,14+,17+,18+,19+,20+,21+/m0/s1. The van der Waals surface area contributed by atoms with E-state index in [4.69, 9.17) is 4.74 Å². The lowest BCUT2D eigenvalue weighted by Crippen LogP contribution is -2.42. The number of carbonyl (C=O) groups is 2. The zero-order valence-corrected chi connectivity index (χ0v) is 20.6. The van der Waals surface area contributed by atoms with Crippen molar-refractivity contribution < 1.29 is 23.8 Å². The number of phenolic OH excluding ortho intramolecular Hbond substituents is 1. The maximum Gasteiger partial charge on any atom is 0.305 e. The first-order chi connectivity index (χ1) is 17.4. The number of anilines is 1. The second-order valence-corrected chi connectivity index (χ2v) is 12.1. The van der Waals surface area contributed by atoms with Crippen molar-refractivity contribution in [1.29, 1.82) is 0 Å². The number of phenols is 1. The topological polar surface area (TPSA) is 99.7 Å². The third-order valence-electron chi connectivity index (χ3n) is 8.37. The van der Waals surface area contributed by atoms with E-state index in [9.17, 15) is 23.9 Å². The number of ether oxygens (including phenoxy) is 1. The Kier molecular flexibility index (Phi) is 4.73. The predicted molar refractivity (Wildman–Crippen MR) is 132 cm³/mol. The van der Waals surface area contributed by atoms with Gasteiger partial charge in [0.05, 0.1) is 29.7 Å². The smallest absolute Gasteiger partial charge is 0.305 e. The zero-order chi connectivity index (χ0) is 24.9. The van der Waals surface area contributed by atoms with Gasteiger partial charge in [0.25, 0.3) is 0 Å². The van der Waals surface area contributed by atoms with E-state index in [-0.39, 0.29) is 51.4 Å². The first kappa shape index (κ1) is 22.1. The lowest BCUT2D eigenvalue weighted by molar-refractivity contribution is -0.123. The predicted octanol–water partition coefficient (Wildman–Crippen LogP) is 3.97. The second kappa shape index (κ2) is 7.69. The molecule has 7 atom stereocenters. The van der Waals surface area contributed by atoms with E-state index in [1.54, 1.807) is 23.9 Å². The summed E-state index contributed by atoms with van der Waals surface area (Å²) in [5.41, 5.74) is 1.31. The molecule has 1 aromatic heterocycles. The number of thioether (sulfide) groups is 1. The first-order valence-corrected chi connectivity index (χ1v) is 13.5. The van der Waals surface area contributed by atoms with E-state index in [1.807, 2.05) is 6.07 Å². The van der Waals surface area contributed by atoms with Crippen molar-refractivity contribution in [3.63, 3.8) is 0 Å². The lowest BCUT2D eigenvalue weighted by atomic mass is 9.68. The highest BCUT2D eigenvalue weighted by Gasteiger charge is 2.69. The average molecular weight is 525 g/mol. The fraction of sp³-hybridized carbons (Fsp3) is 0.346. The van der Waals surface area contributed by atoms with Crippen LogP contribution in [0.5, 0.6) is 11.5 Å². The number of thiazole rings is 1. The molecule has 0 spiro atoms. The molecule has 3 heterocycles. The molecule has 7 nitrogen and oxygen atoms in total. The number of imide groups is 1. The van der Waals surface area contributed by atoms with Crippen LogP contribution in [0, 0.1) is 35.4 Å². The maximum atomic E-state index is 13.7. The van der Waals surface area contributed by atoms with Crippen molar-refractivity contribution in [2.75, 3.05) is 12.0 Å². The highest BCUT2D eigenvalue weighted by atomic mass is 32.2. The third-order valence-corrected chi connectivity index (χ3v) is 11.0. The van der Waals surface area contributed by atoms with E-state index in [2.05, 4.69) is 4.98 Å². The molecule has 2 bridgehead atoms. The molecule has 0 unspecified atom stereocenters. The summed E-state index contributed by atoms with van der Waals surface area (Å²) in [5, 5.41) is 11.1. The molecule has 184 valence electrons. The molecule has 2 aromatic carbocycles. The molecule has 2 amide bonds. The molecule has 2 N–H and O–H groups in total. The molecule has 3 fully saturated rings. The number of benzene rings is 2. The molecule has 2 saturated carbocycles. The summed E-state index contributed by atoms with van der Waals surface area (Å²) in [7, 11) is 1.49. The number of halogens is 1. The maximum absolute atomic E-state index is 13.7. The van der Waals surface area contributed by atoms with Gasteiger partial charge in [0, 0.05) is 16.0 Å². The summed E-state index contributed by atoms with van der Waals surface area (Å²) in [5.74, 6) is -1.48. The van der Waals surface area contributed by atoms with Gasteiger partial charge < -0.3 is 14.8 Å². The highest BCUT2D eigenvalue weighted by molar-refractivity contribution is 8.00. The number of amides is 2. The number of aromatic amines is 1. The van der Waals surface area contributed by atoms with Gasteiger partial charge in [-0.1, -0.05) is 17.4 Å². The monoisotopic (exact) mass is 524 g/mol. The number of methoxy groups -OCH3 is 1. The molecular formula is C26H21FN2O5S2. The van der Waals surface area contributed by atoms with Crippen LogP contribution in [0.4, 0.5) is 10.1 Å². The summed E-state index contributed by atoms with van der Waals surface area (Å²) in [4.78, 5) is 44.6. The molecule has 7 rings (SSSR count). The average Bonchev–Trinajstić information content (AvgIpc) is 3.59. The van der Waals surface area contributed by atoms with E-state index in [0.29, 0.717) is 11.4 Å². The molecule has 0 radical (unpaired) electrons. The van der Waals surface area contributed by atoms with Crippen molar-refractivity contribution >= 4 is 40.6 Å². The minimum Gasteiger partial charge on any atom is -0.504 e. The van der Waals surface area contributed by atoms with Crippen LogP contribution >= 0.6 is 23.1 Å². The van der Waals surface area contributed by atoms with Crippen molar-refractivity contribution in [2.45, 2.75) is 22.6 Å². The van der Waals surface area contributed by atoms with Gasteiger partial charge in [-0.15, -0.1) is 11.8 Å². The summed E-state index contributed by atoms with van der Waals surface area (Å²) < 4.78 is 18.9. The minimum absolute atomic E-state index is 0.00467. The van der Waals surface area contributed by atoms with Gasteiger partial charge >= 0.3 is 4.87 Å². The Morgan fingerprint density at radius 1 is 1.06 bits per heavy atom. The van der Waals surface area contributed by atoms with Crippen LogP contribution in [-0.2, 0) is 9.59 Å². The number of aromatic hydroxyl groups is 1. The highest BCUT2D eigenvalue weighted by Crippen LogP contribution is 2.68. The molecule has 3 aromatic rings. The number of carbonyl (C=O) groups excluding carboxylic acids is 2. The van der Waals surface area contributed by atoms with Gasteiger partial charge in [-0.2, -0.15) is 0 Å². The summed E-state index contributed by atoms with van der Waals surface area (Å²) in [6, 6.07) is 10.7. The SMILES string of the molecule is COc1cc([C@H]2c3sc(=O)[nH]c3S[C@@H]3[C@@H]4C[C@H]([C@H]5C(=O)N(c6ccc(F)cc6)C(=O)[C@H]45)[C@H]23)ccc1O. The van der Waals surface area contributed by atoms with Gasteiger partial charge in [-0.25, -0.2) is 4.39 Å². The fourth-order valence-corrected chi connectivity index (χ4v) is 10.0. The molecule has 2 aliphatic heterocycles. The first-order valence-electron chi connectivity index (χ1n) is 11.8. The number of aromatic nitrogens is 1. The van der Waals surface area contributed by atoms with Gasteiger partial charge in [0.1, 0.15) is 5.82 Å². The summed E-state index contributed by atoms with van der Waals surface area (Å²) in [6.45, 7) is 0. The normalized spacial score (nSPS) is 31.9. The Balaban J connectivity index is 1.33. The van der Waals surface area contributed by atoms with Crippen molar-refractivity contribution in [1.82, 2.24) is 4.98 Å². The number of nitrogens with one attached hydrogen (secondary N) is 1. The van der Waals surface area contributed by atoms with Crippen LogP contribution in [0.2, 0.25) is 0 Å². The van der Waals surface area contributed by atoms with Gasteiger partial charge in [0.15, 0.2) is 11.5 Å². The van der Waals surface area contributed by atoms with Crippen LogP contribution in [-0.4, -0.2) is 34.3 Å². The Hall–Kier alpha value is -3.11. The Morgan fingerprint density at radius 3 is 2.50 bits per heavy atom. The van der Waals surface area contributed by atoms with E-state index >= 15 is 0 Å². The Morgan fingerprint density at radius 2 is 1.78 bits per heavy atom. The molecule has 4 aliphatic rings. The number of rotatable bonds is 3. The largest absolute Gasteiger partial charge is 0.504 e. The Labute approximate surface area is 213 Å². The van der Waals surface area contributed by atoms with Crippen molar-refractivity contribution in [3.05, 3.63) is 68.4 Å². The number of H-pyrrole nitrogens is 1. The number of hydrogen-bond acceptors (Lipinski definition) is 7. The van der Waals surface area contributed by atoms with Gasteiger partial charge in [0.2, 0.25) is 11.8 Å². The molecule has 1 saturated heterocycles. The van der Waals surface area contributed by atoms with E-state index < -0.39 is 17.7 Å². The zero-order valence-electron chi connectivity index (χ0n) is 19.0. The van der Waals surface area contributed by atoms with E-state index in [1.165, 1.54) is 47.6 Å². The molecule has 2 aliphatic carbocycles. The van der Waals surface area contributed by atoms with Gasteiger partial charge in [-0.05, 0) is 66.1 Å². The summed E-state index contributed by atoms with van der Waals surface area (Å²) >= 11 is 2.80. The second-order valence-electron chi connectivity index (χ2n) is 9.88. The van der Waals surface area contributed by atoms with Crippen molar-refractivity contribution in [2.24, 2.45) is 29.6 Å². The third kappa shape index (κ3) is 2.88. The van der Waals surface area contributed by atoms with Crippen LogP contribution in [0.1, 0.15) is 22.8 Å². The lowest BCUT2D eigenvalue weighted by Gasteiger charge is -2.43. The number of nitrogens with zero attached hydrogens (tertiary/aromatic N) is 1. The molecule has 36 heavy (non-hydrogen) atoms. The Bertz CT molecular complexity index is 1480. The van der Waals surface area contributed by atoms with Crippen LogP contribution < -0.4 is 14.5 Å². The quantitative estimate of drug-likeness (QED) is 0.503. The van der Waals surface area contributed by atoms with Crippen LogP contribution in [0.3, 0.4) is 0 Å².